The van der Waals surface area contributed by atoms with Crippen molar-refractivity contribution < 1.29 is 4.18 Å². The van der Waals surface area contributed by atoms with Gasteiger partial charge < -0.3 is 15.2 Å². The van der Waals surface area contributed by atoms with Crippen LogP contribution in [-0.2, 0) is 4.18 Å². The molecule has 0 fully saturated rings. The maximum Gasteiger partial charge on any atom is 0.227 e. The molecular formula is C12H15N5OS. The minimum atomic E-state index is 0.0284. The van der Waals surface area contributed by atoms with E-state index in [0.29, 0.717) is 5.95 Å². The number of rotatable bonds is 5. The molecule has 7 heteroatoms. The number of anilines is 2. The van der Waals surface area contributed by atoms with Crippen LogP contribution in [0.3, 0.4) is 0 Å². The molecule has 1 heterocycles. The van der Waals surface area contributed by atoms with E-state index >= 15 is 0 Å². The molecule has 1 atom stereocenters. The Kier molecular flexibility index (Phi) is 4.53. The van der Waals surface area contributed by atoms with Crippen LogP contribution < -0.4 is 11.1 Å². The van der Waals surface area contributed by atoms with Crippen molar-refractivity contribution in [1.82, 2.24) is 15.0 Å². The van der Waals surface area contributed by atoms with E-state index in [4.69, 9.17) is 9.92 Å². The lowest BCUT2D eigenvalue weighted by Gasteiger charge is -2.16. The van der Waals surface area contributed by atoms with E-state index in [9.17, 15) is 0 Å². The summed E-state index contributed by atoms with van der Waals surface area (Å²) in [5.74, 6) is 0.654. The van der Waals surface area contributed by atoms with Crippen LogP contribution in [0.5, 0.6) is 0 Å². The van der Waals surface area contributed by atoms with Gasteiger partial charge in [0.25, 0.3) is 0 Å². The number of hydrogen-bond acceptors (Lipinski definition) is 7. The second kappa shape index (κ2) is 6.35. The molecule has 0 aliphatic carbocycles. The Hall–Kier alpha value is -1.86. The summed E-state index contributed by atoms with van der Waals surface area (Å²) in [4.78, 5) is 12.9. The summed E-state index contributed by atoms with van der Waals surface area (Å²) in [6.45, 7) is 2.02. The van der Waals surface area contributed by atoms with Crippen LogP contribution in [0.4, 0.5) is 11.9 Å². The number of nitrogens with one attached hydrogen (secondary N) is 1. The smallest absolute Gasteiger partial charge is 0.227 e. The van der Waals surface area contributed by atoms with E-state index in [1.54, 1.807) is 7.11 Å². The first-order valence-corrected chi connectivity index (χ1v) is 6.45. The summed E-state index contributed by atoms with van der Waals surface area (Å²) in [5, 5.41) is 3.19. The van der Waals surface area contributed by atoms with Crippen LogP contribution in [0.25, 0.3) is 0 Å². The normalized spacial score (nSPS) is 12.1. The number of nitrogen functional groups attached to an aromatic ring is 1. The maximum atomic E-state index is 5.52. The summed E-state index contributed by atoms with van der Waals surface area (Å²) in [7, 11) is 1.65. The summed E-state index contributed by atoms with van der Waals surface area (Å²) >= 11 is 1.33. The first kappa shape index (κ1) is 13.6. The van der Waals surface area contributed by atoms with Gasteiger partial charge in [0.1, 0.15) is 6.33 Å². The van der Waals surface area contributed by atoms with Crippen molar-refractivity contribution in [1.29, 1.82) is 0 Å². The topological polar surface area (TPSA) is 86.0 Å². The minimum absolute atomic E-state index is 0.0284. The van der Waals surface area contributed by atoms with E-state index in [-0.39, 0.29) is 12.0 Å². The maximum absolute atomic E-state index is 5.52. The molecule has 0 saturated heterocycles. The molecule has 0 saturated carbocycles. The fourth-order valence-corrected chi connectivity index (χ4v) is 2.31. The van der Waals surface area contributed by atoms with Crippen molar-refractivity contribution in [2.75, 3.05) is 18.2 Å². The number of benzene rings is 1. The molecule has 2 rings (SSSR count). The van der Waals surface area contributed by atoms with Crippen LogP contribution >= 0.6 is 12.0 Å². The fourth-order valence-electron chi connectivity index (χ4n) is 1.65. The average Bonchev–Trinajstić information content (AvgIpc) is 2.39. The quantitative estimate of drug-likeness (QED) is 0.811. The number of nitrogens with two attached hydrogens (primary N) is 1. The van der Waals surface area contributed by atoms with Gasteiger partial charge >= 0.3 is 0 Å². The van der Waals surface area contributed by atoms with E-state index in [2.05, 4.69) is 20.3 Å². The molecule has 0 aliphatic heterocycles. The molecule has 0 amide bonds. The lowest BCUT2D eigenvalue weighted by Crippen LogP contribution is -2.11. The van der Waals surface area contributed by atoms with Gasteiger partial charge in [-0.2, -0.15) is 4.98 Å². The number of nitrogens with zero attached hydrogens (tertiary/aromatic N) is 3. The molecule has 19 heavy (non-hydrogen) atoms. The zero-order valence-corrected chi connectivity index (χ0v) is 11.5. The van der Waals surface area contributed by atoms with E-state index in [0.717, 1.165) is 10.5 Å². The average molecular weight is 277 g/mol. The monoisotopic (exact) mass is 277 g/mol. The Bertz CT molecular complexity index is 551. The van der Waals surface area contributed by atoms with Gasteiger partial charge in [0.2, 0.25) is 11.9 Å². The first-order chi connectivity index (χ1) is 9.20. The molecular weight excluding hydrogens is 262 g/mol. The molecule has 0 spiro atoms. The lowest BCUT2D eigenvalue weighted by molar-refractivity contribution is 0.489. The SMILES string of the molecule is COSc1ccccc1C(C)Nc1ncnc(N)n1. The second-order valence-corrected chi connectivity index (χ2v) is 4.76. The van der Waals surface area contributed by atoms with E-state index in [1.165, 1.54) is 18.4 Å². The highest BCUT2D eigenvalue weighted by Crippen LogP contribution is 2.28. The Morgan fingerprint density at radius 1 is 1.32 bits per heavy atom. The molecule has 0 radical (unpaired) electrons. The summed E-state index contributed by atoms with van der Waals surface area (Å²) in [5.41, 5.74) is 6.63. The molecule has 100 valence electrons. The lowest BCUT2D eigenvalue weighted by atomic mass is 10.1. The van der Waals surface area contributed by atoms with Gasteiger partial charge in [-0.05, 0) is 18.6 Å². The molecule has 1 unspecified atom stereocenters. The Balaban J connectivity index is 2.17. The molecule has 1 aromatic heterocycles. The molecule has 6 nitrogen and oxygen atoms in total. The molecule has 0 aliphatic rings. The molecule has 3 N–H and O–H groups in total. The zero-order valence-electron chi connectivity index (χ0n) is 10.7. The van der Waals surface area contributed by atoms with Crippen molar-refractivity contribution in [3.8, 4) is 0 Å². The number of hydrogen-bond donors (Lipinski definition) is 2. The predicted octanol–water partition coefficient (Wildman–Crippen LogP) is 2.28. The number of aromatic nitrogens is 3. The first-order valence-electron chi connectivity index (χ1n) is 5.71. The zero-order chi connectivity index (χ0) is 13.7. The van der Waals surface area contributed by atoms with Crippen LogP contribution in [0.1, 0.15) is 18.5 Å². The van der Waals surface area contributed by atoms with Crippen molar-refractivity contribution >= 4 is 23.9 Å². The van der Waals surface area contributed by atoms with Crippen LogP contribution in [0, 0.1) is 0 Å². The van der Waals surface area contributed by atoms with Crippen LogP contribution in [0.2, 0.25) is 0 Å². The second-order valence-electron chi connectivity index (χ2n) is 3.82. The largest absolute Gasteiger partial charge is 0.368 e. The van der Waals surface area contributed by atoms with Crippen molar-refractivity contribution in [3.05, 3.63) is 36.2 Å². The molecule has 2 aromatic rings. The molecule has 0 bridgehead atoms. The van der Waals surface area contributed by atoms with Gasteiger partial charge in [0.15, 0.2) is 0 Å². The Morgan fingerprint density at radius 2 is 2.11 bits per heavy atom. The van der Waals surface area contributed by atoms with Gasteiger partial charge in [-0.25, -0.2) is 9.97 Å². The van der Waals surface area contributed by atoms with E-state index < -0.39 is 0 Å². The van der Waals surface area contributed by atoms with Gasteiger partial charge in [-0.1, -0.05) is 18.2 Å². The molecule has 1 aromatic carbocycles. The Morgan fingerprint density at radius 3 is 2.84 bits per heavy atom. The minimum Gasteiger partial charge on any atom is -0.368 e. The van der Waals surface area contributed by atoms with Crippen molar-refractivity contribution in [2.45, 2.75) is 17.9 Å². The van der Waals surface area contributed by atoms with Gasteiger partial charge in [-0.15, -0.1) is 0 Å². The summed E-state index contributed by atoms with van der Waals surface area (Å²) < 4.78 is 5.12. The van der Waals surface area contributed by atoms with Crippen molar-refractivity contribution in [3.63, 3.8) is 0 Å². The predicted molar refractivity (Wildman–Crippen MR) is 75.6 cm³/mol. The third-order valence-corrected chi connectivity index (χ3v) is 3.21. The fraction of sp³-hybridized carbons (Fsp3) is 0.250. The summed E-state index contributed by atoms with van der Waals surface area (Å²) in [6, 6.07) is 8.02. The third kappa shape index (κ3) is 3.55. The highest BCUT2D eigenvalue weighted by Gasteiger charge is 2.12. The van der Waals surface area contributed by atoms with Crippen LogP contribution in [0.15, 0.2) is 35.5 Å². The Labute approximate surface area is 116 Å². The van der Waals surface area contributed by atoms with Crippen molar-refractivity contribution in [2.24, 2.45) is 0 Å². The summed E-state index contributed by atoms with van der Waals surface area (Å²) in [6.07, 6.45) is 1.38. The van der Waals surface area contributed by atoms with Gasteiger partial charge in [0, 0.05) is 16.9 Å². The van der Waals surface area contributed by atoms with Gasteiger partial charge in [-0.3, -0.25) is 0 Å². The van der Waals surface area contributed by atoms with Crippen LogP contribution in [-0.4, -0.2) is 22.1 Å². The standard InChI is InChI=1S/C12H15N5OS/c1-8(16-12-15-7-14-11(13)17-12)9-5-3-4-6-10(9)19-18-2/h3-8H,1-2H3,(H3,13,14,15,16,17). The van der Waals surface area contributed by atoms with Gasteiger partial charge in [0.05, 0.1) is 13.2 Å². The highest BCUT2D eigenvalue weighted by molar-refractivity contribution is 7.94. The van der Waals surface area contributed by atoms with E-state index in [1.807, 2.05) is 31.2 Å². The third-order valence-electron chi connectivity index (χ3n) is 2.49. The highest BCUT2D eigenvalue weighted by atomic mass is 32.2.